The molecule has 1 saturated heterocycles. The van der Waals surface area contributed by atoms with Crippen LogP contribution in [0.1, 0.15) is 36.8 Å². The summed E-state index contributed by atoms with van der Waals surface area (Å²) in [5, 5.41) is 4.09. The number of benzene rings is 1. The second kappa shape index (κ2) is 7.76. The van der Waals surface area contributed by atoms with Gasteiger partial charge in [0.05, 0.1) is 5.88 Å². The highest BCUT2D eigenvalue weighted by Crippen LogP contribution is 2.37. The summed E-state index contributed by atoms with van der Waals surface area (Å²) in [4.78, 5) is 19.0. The van der Waals surface area contributed by atoms with Crippen molar-refractivity contribution in [2.75, 3.05) is 11.6 Å². The van der Waals surface area contributed by atoms with Crippen molar-refractivity contribution in [3.63, 3.8) is 0 Å². The maximum atomic E-state index is 12.6. The Hall–Kier alpha value is -1.57. The summed E-state index contributed by atoms with van der Waals surface area (Å²) in [5.74, 6) is 3.04. The van der Waals surface area contributed by atoms with E-state index in [0.29, 0.717) is 24.1 Å². The molecule has 4 rings (SSSR count). The molecule has 2 aromatic rings. The maximum absolute atomic E-state index is 12.6. The Morgan fingerprint density at radius 1 is 1.32 bits per heavy atom. The minimum absolute atomic E-state index is 0. The van der Waals surface area contributed by atoms with Crippen molar-refractivity contribution in [3.05, 3.63) is 35.7 Å². The quantitative estimate of drug-likeness (QED) is 0.877. The van der Waals surface area contributed by atoms with Crippen LogP contribution < -0.4 is 5.73 Å². The van der Waals surface area contributed by atoms with Crippen LogP contribution in [0.3, 0.4) is 0 Å². The summed E-state index contributed by atoms with van der Waals surface area (Å²) >= 11 is 1.74. The van der Waals surface area contributed by atoms with Crippen LogP contribution in [0.25, 0.3) is 11.4 Å². The van der Waals surface area contributed by atoms with Crippen LogP contribution in [0, 0.1) is 5.92 Å². The Morgan fingerprint density at radius 3 is 2.72 bits per heavy atom. The fraction of sp³-hybridized carbons (Fsp3) is 0.471. The van der Waals surface area contributed by atoms with E-state index in [9.17, 15) is 4.79 Å². The molecule has 1 amide bonds. The van der Waals surface area contributed by atoms with E-state index >= 15 is 0 Å². The first-order valence-corrected chi connectivity index (χ1v) is 9.43. The molecule has 1 unspecified atom stereocenters. The fourth-order valence-electron chi connectivity index (χ4n) is 3.03. The minimum atomic E-state index is -0.104. The molecular weight excluding hydrogens is 360 g/mol. The number of thioether (sulfide) groups is 1. The standard InChI is InChI=1S/C17H20N4O2S.ClH/c18-8-11-4-6-12(7-5-11)15-19-16(23-20-15)14-9-24-10-21(14)17(22)13-2-1-3-13;/h4-7,13-14H,1-3,8-10,18H2;1H. The lowest BCUT2D eigenvalue weighted by molar-refractivity contribution is -0.139. The number of carbonyl (C=O) groups excluding carboxylic acids is 1. The molecule has 2 aliphatic rings. The van der Waals surface area contributed by atoms with E-state index in [1.54, 1.807) is 11.8 Å². The number of hydrogen-bond donors (Lipinski definition) is 1. The van der Waals surface area contributed by atoms with Gasteiger partial charge in [0.15, 0.2) is 0 Å². The summed E-state index contributed by atoms with van der Waals surface area (Å²) in [6.07, 6.45) is 3.18. The zero-order valence-electron chi connectivity index (χ0n) is 13.8. The van der Waals surface area contributed by atoms with Gasteiger partial charge in [0.1, 0.15) is 6.04 Å². The molecule has 1 atom stereocenters. The first-order valence-electron chi connectivity index (χ1n) is 8.27. The highest BCUT2D eigenvalue weighted by atomic mass is 35.5. The van der Waals surface area contributed by atoms with Crippen LogP contribution in [-0.2, 0) is 11.3 Å². The zero-order valence-corrected chi connectivity index (χ0v) is 15.4. The van der Waals surface area contributed by atoms with Crippen molar-refractivity contribution in [3.8, 4) is 11.4 Å². The minimum Gasteiger partial charge on any atom is -0.337 e. The van der Waals surface area contributed by atoms with Gasteiger partial charge in [-0.1, -0.05) is 35.8 Å². The van der Waals surface area contributed by atoms with E-state index in [2.05, 4.69) is 10.1 Å². The van der Waals surface area contributed by atoms with E-state index in [1.165, 1.54) is 0 Å². The second-order valence-corrected chi connectivity index (χ2v) is 7.31. The molecule has 1 aromatic heterocycles. The van der Waals surface area contributed by atoms with Crippen LogP contribution in [0.5, 0.6) is 0 Å². The normalized spacial score (nSPS) is 20.2. The van der Waals surface area contributed by atoms with Gasteiger partial charge in [-0.25, -0.2) is 0 Å². The number of nitrogens with zero attached hydrogens (tertiary/aromatic N) is 3. The van der Waals surface area contributed by atoms with Gasteiger partial charge in [0.2, 0.25) is 11.7 Å². The average Bonchev–Trinajstić information content (AvgIpc) is 3.22. The summed E-state index contributed by atoms with van der Waals surface area (Å²) < 4.78 is 5.48. The third-order valence-electron chi connectivity index (χ3n) is 4.79. The Morgan fingerprint density at radius 2 is 2.08 bits per heavy atom. The number of aromatic nitrogens is 2. The molecule has 1 saturated carbocycles. The van der Waals surface area contributed by atoms with Gasteiger partial charge in [-0.2, -0.15) is 4.98 Å². The third kappa shape index (κ3) is 3.54. The summed E-state index contributed by atoms with van der Waals surface area (Å²) in [6.45, 7) is 0.509. The molecule has 25 heavy (non-hydrogen) atoms. The molecule has 8 heteroatoms. The van der Waals surface area contributed by atoms with Crippen LogP contribution in [0.15, 0.2) is 28.8 Å². The Labute approximate surface area is 156 Å². The molecule has 0 radical (unpaired) electrons. The Kier molecular flexibility index (Phi) is 5.66. The third-order valence-corrected chi connectivity index (χ3v) is 5.81. The molecule has 0 spiro atoms. The molecule has 1 aromatic carbocycles. The van der Waals surface area contributed by atoms with Crippen molar-refractivity contribution in [2.45, 2.75) is 31.8 Å². The number of rotatable bonds is 4. The zero-order chi connectivity index (χ0) is 16.5. The lowest BCUT2D eigenvalue weighted by Gasteiger charge is -2.30. The van der Waals surface area contributed by atoms with Gasteiger partial charge in [0, 0.05) is 23.8 Å². The molecule has 2 heterocycles. The van der Waals surface area contributed by atoms with E-state index in [4.69, 9.17) is 10.3 Å². The van der Waals surface area contributed by atoms with Crippen LogP contribution in [0.2, 0.25) is 0 Å². The first-order chi connectivity index (χ1) is 11.8. The van der Waals surface area contributed by atoms with Crippen molar-refractivity contribution in [1.82, 2.24) is 15.0 Å². The largest absolute Gasteiger partial charge is 0.337 e. The number of amides is 1. The van der Waals surface area contributed by atoms with Gasteiger partial charge >= 0.3 is 0 Å². The maximum Gasteiger partial charge on any atom is 0.250 e. The lowest BCUT2D eigenvalue weighted by Crippen LogP contribution is -2.38. The highest BCUT2D eigenvalue weighted by molar-refractivity contribution is 7.99. The Bertz CT molecular complexity index is 733. The number of nitrogens with two attached hydrogens (primary N) is 1. The highest BCUT2D eigenvalue weighted by Gasteiger charge is 2.39. The molecular formula is C17H21ClN4O2S. The topological polar surface area (TPSA) is 85.2 Å². The van der Waals surface area contributed by atoms with Crippen molar-refractivity contribution >= 4 is 30.1 Å². The molecule has 0 bridgehead atoms. The van der Waals surface area contributed by atoms with Crippen molar-refractivity contribution in [1.29, 1.82) is 0 Å². The SMILES string of the molecule is Cl.NCc1ccc(-c2noc(C3CSCN3C(=O)C3CCC3)n2)cc1. The molecule has 1 aliphatic heterocycles. The summed E-state index contributed by atoms with van der Waals surface area (Å²) in [7, 11) is 0. The second-order valence-electron chi connectivity index (χ2n) is 6.31. The van der Waals surface area contributed by atoms with E-state index in [0.717, 1.165) is 36.1 Å². The molecule has 2 fully saturated rings. The van der Waals surface area contributed by atoms with Crippen LogP contribution in [0.4, 0.5) is 0 Å². The molecule has 1 aliphatic carbocycles. The molecule has 6 nitrogen and oxygen atoms in total. The first kappa shape index (κ1) is 18.2. The summed E-state index contributed by atoms with van der Waals surface area (Å²) in [5.41, 5.74) is 7.58. The Balaban J connectivity index is 0.00000182. The molecule has 2 N–H and O–H groups in total. The lowest BCUT2D eigenvalue weighted by atomic mass is 9.84. The van der Waals surface area contributed by atoms with Gasteiger partial charge in [-0.05, 0) is 18.4 Å². The average molecular weight is 381 g/mol. The van der Waals surface area contributed by atoms with Gasteiger partial charge in [-0.3, -0.25) is 4.79 Å². The van der Waals surface area contributed by atoms with E-state index in [-0.39, 0.29) is 30.3 Å². The van der Waals surface area contributed by atoms with Gasteiger partial charge in [-0.15, -0.1) is 24.2 Å². The van der Waals surface area contributed by atoms with Crippen molar-refractivity contribution in [2.24, 2.45) is 11.7 Å². The fourth-order valence-corrected chi connectivity index (χ4v) is 4.19. The monoisotopic (exact) mass is 380 g/mol. The number of carbonyl (C=O) groups is 1. The van der Waals surface area contributed by atoms with Crippen LogP contribution >= 0.6 is 24.2 Å². The predicted octanol–water partition coefficient (Wildman–Crippen LogP) is 2.99. The van der Waals surface area contributed by atoms with E-state index < -0.39 is 0 Å². The summed E-state index contributed by atoms with van der Waals surface area (Å²) in [6, 6.07) is 7.70. The smallest absolute Gasteiger partial charge is 0.250 e. The van der Waals surface area contributed by atoms with Gasteiger partial charge in [0.25, 0.3) is 5.89 Å². The van der Waals surface area contributed by atoms with Crippen molar-refractivity contribution < 1.29 is 9.32 Å². The number of hydrogen-bond acceptors (Lipinski definition) is 6. The molecule has 134 valence electrons. The van der Waals surface area contributed by atoms with Gasteiger partial charge < -0.3 is 15.2 Å². The van der Waals surface area contributed by atoms with E-state index in [1.807, 2.05) is 29.2 Å². The van der Waals surface area contributed by atoms with Crippen LogP contribution in [-0.4, -0.2) is 32.6 Å². The number of halogens is 1. The predicted molar refractivity (Wildman–Crippen MR) is 99.1 cm³/mol.